The molecule has 3 N–H and O–H groups in total. The maximum atomic E-state index is 10.9. The molecule has 0 saturated carbocycles. The van der Waals surface area contributed by atoms with Crippen molar-refractivity contribution >= 4 is 23.1 Å². The van der Waals surface area contributed by atoms with E-state index in [2.05, 4.69) is 43.0 Å². The first-order valence-electron chi connectivity index (χ1n) is 15.2. The first-order valence-corrected chi connectivity index (χ1v) is 15.2. The van der Waals surface area contributed by atoms with Gasteiger partial charge in [0.15, 0.2) is 0 Å². The summed E-state index contributed by atoms with van der Waals surface area (Å²) < 4.78 is 4.26. The van der Waals surface area contributed by atoms with Crippen LogP contribution in [0.2, 0.25) is 0 Å². The standard InChI is InChI=1S/C29H30N4O2.C4H8O2.C2H6/c1-6-17-14(3)22-10-26-19(12-34)15(4)21(32-26)9-20-13(2)7-24(30-20)18-8-27(35)28-16(5)23(33-29(18)28)11-25(17)31-22;1-3-4(5)6-2;1-2/h9-11,13,30,34-35H,6-8,12H2,1-5H3;3H2,1-2H3;1-2H3. The fourth-order valence-corrected chi connectivity index (χ4v) is 5.98. The van der Waals surface area contributed by atoms with Gasteiger partial charge in [0.05, 0.1) is 47.9 Å². The summed E-state index contributed by atoms with van der Waals surface area (Å²) in [6.45, 7) is 16.2. The zero-order chi connectivity index (χ0) is 31.6. The maximum absolute atomic E-state index is 10.9. The van der Waals surface area contributed by atoms with Crippen molar-refractivity contribution in [2.45, 2.75) is 81.1 Å². The molecule has 0 aromatic rings. The van der Waals surface area contributed by atoms with Gasteiger partial charge in [0, 0.05) is 46.9 Å². The van der Waals surface area contributed by atoms with Crippen molar-refractivity contribution in [2.24, 2.45) is 20.9 Å². The predicted octanol–water partition coefficient (Wildman–Crippen LogP) is 7.02. The minimum atomic E-state index is -0.157. The van der Waals surface area contributed by atoms with Gasteiger partial charge in [0.2, 0.25) is 0 Å². The zero-order valence-electron chi connectivity index (χ0n) is 26.9. The van der Waals surface area contributed by atoms with Crippen molar-refractivity contribution < 1.29 is 19.7 Å². The summed E-state index contributed by atoms with van der Waals surface area (Å²) >= 11 is 0. The second-order valence-electron chi connectivity index (χ2n) is 11.0. The Bertz CT molecular complexity index is 1590. The van der Waals surface area contributed by atoms with Crippen LogP contribution in [0, 0.1) is 5.92 Å². The van der Waals surface area contributed by atoms with E-state index in [-0.39, 0.29) is 18.5 Å². The van der Waals surface area contributed by atoms with Crippen LogP contribution < -0.4 is 5.32 Å². The Morgan fingerprint density at radius 2 is 1.60 bits per heavy atom. The molecule has 8 bridgehead atoms. The SMILES string of the molecule is CC.CCC(=O)OC.CCC1=C(C)C2=NC1=CC1=C(C)C3=C(O)CC(=C4CC(C)C(=CC5=NC(=C2)C(CO)=C5C)N4)C3=N1. The van der Waals surface area contributed by atoms with Gasteiger partial charge in [-0.25, -0.2) is 15.0 Å². The molecule has 1 aliphatic carbocycles. The molecule has 1 atom stereocenters. The van der Waals surface area contributed by atoms with Crippen LogP contribution in [0.3, 0.4) is 0 Å². The summed E-state index contributed by atoms with van der Waals surface area (Å²) in [5.74, 6) is 0.521. The molecule has 0 spiro atoms. The molecule has 1 fully saturated rings. The minimum absolute atomic E-state index is 0.0670. The average Bonchev–Trinajstić information content (AvgIpc) is 3.77. The number of nitrogens with zero attached hydrogens (tertiary/aromatic N) is 3. The highest BCUT2D eigenvalue weighted by molar-refractivity contribution is 6.21. The van der Waals surface area contributed by atoms with E-state index in [1.54, 1.807) is 6.92 Å². The quantitative estimate of drug-likeness (QED) is 0.308. The number of carbonyl (C=O) groups excluding carboxylic acids is 1. The van der Waals surface area contributed by atoms with Gasteiger partial charge >= 0.3 is 5.97 Å². The summed E-state index contributed by atoms with van der Waals surface area (Å²) in [6, 6.07) is 0. The number of allylic oxidation sites excluding steroid dienone is 11. The third-order valence-corrected chi connectivity index (χ3v) is 8.49. The number of nitrogens with one attached hydrogen (secondary N) is 1. The fraction of sp³-hybridized carbons (Fsp3) is 0.429. The topological polar surface area (TPSA) is 116 Å². The van der Waals surface area contributed by atoms with Crippen molar-refractivity contribution in [3.63, 3.8) is 0 Å². The smallest absolute Gasteiger partial charge is 0.305 e. The Hall–Kier alpha value is -4.04. The van der Waals surface area contributed by atoms with Crippen LogP contribution in [0.15, 0.2) is 106 Å². The number of aliphatic hydroxyl groups is 2. The van der Waals surface area contributed by atoms with Crippen LogP contribution in [0.5, 0.6) is 0 Å². The highest BCUT2D eigenvalue weighted by Crippen LogP contribution is 2.43. The molecule has 8 heteroatoms. The molecule has 6 aliphatic rings. The molecule has 8 nitrogen and oxygen atoms in total. The highest BCUT2D eigenvalue weighted by atomic mass is 16.5. The second kappa shape index (κ2) is 13.1. The van der Waals surface area contributed by atoms with Gasteiger partial charge in [-0.1, -0.05) is 34.6 Å². The summed E-state index contributed by atoms with van der Waals surface area (Å²) in [5.41, 5.74) is 14.4. The van der Waals surface area contributed by atoms with Crippen LogP contribution in [-0.2, 0) is 9.53 Å². The van der Waals surface area contributed by atoms with Crippen LogP contribution in [0.1, 0.15) is 81.1 Å². The Kier molecular flexibility index (Phi) is 9.70. The molecule has 0 aromatic heterocycles. The van der Waals surface area contributed by atoms with Gasteiger partial charge in [0.25, 0.3) is 0 Å². The lowest BCUT2D eigenvalue weighted by Gasteiger charge is -2.07. The van der Waals surface area contributed by atoms with Gasteiger partial charge in [-0.2, -0.15) is 0 Å². The zero-order valence-corrected chi connectivity index (χ0v) is 26.9. The number of carbonyl (C=O) groups is 1. The lowest BCUT2D eigenvalue weighted by atomic mass is 9.99. The number of rotatable bonds is 3. The van der Waals surface area contributed by atoms with Gasteiger partial charge in [-0.15, -0.1) is 0 Å². The third-order valence-electron chi connectivity index (χ3n) is 8.49. The molecule has 1 unspecified atom stereocenters. The monoisotopic (exact) mass is 584 g/mol. The molecule has 1 saturated heterocycles. The van der Waals surface area contributed by atoms with E-state index in [1.165, 1.54) is 12.7 Å². The van der Waals surface area contributed by atoms with Crippen LogP contribution >= 0.6 is 0 Å². The predicted molar refractivity (Wildman–Crippen MR) is 174 cm³/mol. The van der Waals surface area contributed by atoms with Crippen LogP contribution in [0.25, 0.3) is 0 Å². The van der Waals surface area contributed by atoms with E-state index in [1.807, 2.05) is 33.8 Å². The number of hydrogen-bond acceptors (Lipinski definition) is 8. The molecule has 5 heterocycles. The molecular weight excluding hydrogens is 540 g/mol. The largest absolute Gasteiger partial charge is 0.511 e. The highest BCUT2D eigenvalue weighted by Gasteiger charge is 2.37. The molecule has 0 aromatic carbocycles. The minimum Gasteiger partial charge on any atom is -0.511 e. The van der Waals surface area contributed by atoms with Crippen molar-refractivity contribution in [1.29, 1.82) is 0 Å². The van der Waals surface area contributed by atoms with Gasteiger partial charge in [0.1, 0.15) is 5.76 Å². The Morgan fingerprint density at radius 3 is 2.19 bits per heavy atom. The van der Waals surface area contributed by atoms with Gasteiger partial charge < -0.3 is 20.3 Å². The van der Waals surface area contributed by atoms with E-state index >= 15 is 0 Å². The summed E-state index contributed by atoms with van der Waals surface area (Å²) in [6.07, 6.45) is 8.83. The van der Waals surface area contributed by atoms with Crippen molar-refractivity contribution in [3.05, 3.63) is 91.5 Å². The Labute approximate surface area is 255 Å². The van der Waals surface area contributed by atoms with E-state index in [9.17, 15) is 15.0 Å². The van der Waals surface area contributed by atoms with Crippen LogP contribution in [-0.4, -0.2) is 47.0 Å². The Balaban J connectivity index is 0.000000475. The van der Waals surface area contributed by atoms with Gasteiger partial charge in [-0.3, -0.25) is 4.79 Å². The van der Waals surface area contributed by atoms with Crippen molar-refractivity contribution in [1.82, 2.24) is 5.32 Å². The summed E-state index contributed by atoms with van der Waals surface area (Å²) in [4.78, 5) is 24.9. The number of aliphatic hydroxyl groups excluding tert-OH is 2. The van der Waals surface area contributed by atoms with Crippen molar-refractivity contribution in [2.75, 3.05) is 13.7 Å². The lowest BCUT2D eigenvalue weighted by molar-refractivity contribution is -0.140. The molecular formula is C35H44N4O4. The van der Waals surface area contributed by atoms with Gasteiger partial charge in [-0.05, 0) is 74.1 Å². The normalized spacial score (nSPS) is 21.9. The summed E-state index contributed by atoms with van der Waals surface area (Å²) in [5, 5.41) is 24.7. The third kappa shape index (κ3) is 5.80. The molecule has 0 radical (unpaired) electrons. The first-order chi connectivity index (χ1) is 20.6. The fourth-order valence-electron chi connectivity index (χ4n) is 5.98. The molecule has 43 heavy (non-hydrogen) atoms. The molecule has 0 amide bonds. The lowest BCUT2D eigenvalue weighted by Crippen LogP contribution is -2.11. The second-order valence-corrected chi connectivity index (χ2v) is 11.0. The first kappa shape index (κ1) is 31.9. The van der Waals surface area contributed by atoms with Crippen LogP contribution in [0.4, 0.5) is 0 Å². The molecule has 5 aliphatic heterocycles. The van der Waals surface area contributed by atoms with E-state index in [0.717, 1.165) is 91.9 Å². The molecule has 228 valence electrons. The molecule has 6 rings (SSSR count). The number of aliphatic imine (C=N–C) groups is 3. The number of hydrogen-bond donors (Lipinski definition) is 3. The Morgan fingerprint density at radius 1 is 0.977 bits per heavy atom. The number of methoxy groups -OCH3 is 1. The maximum Gasteiger partial charge on any atom is 0.305 e. The average molecular weight is 585 g/mol. The van der Waals surface area contributed by atoms with E-state index in [4.69, 9.17) is 15.0 Å². The number of ether oxygens (including phenoxy) is 1. The number of fused-ring (bicyclic) bond motifs is 5. The number of esters is 1. The van der Waals surface area contributed by atoms with Crippen molar-refractivity contribution in [3.8, 4) is 0 Å². The van der Waals surface area contributed by atoms with E-state index in [0.29, 0.717) is 18.6 Å². The summed E-state index contributed by atoms with van der Waals surface area (Å²) in [7, 11) is 1.38. The van der Waals surface area contributed by atoms with E-state index < -0.39 is 0 Å².